The molecule has 0 aliphatic carbocycles. The van der Waals surface area contributed by atoms with E-state index in [1.54, 1.807) is 24.7 Å². The van der Waals surface area contributed by atoms with Crippen LogP contribution < -0.4 is 5.32 Å². The van der Waals surface area contributed by atoms with Crippen LogP contribution in [0.4, 0.5) is 5.69 Å². The van der Waals surface area contributed by atoms with Gasteiger partial charge in [0.05, 0.1) is 11.7 Å². The molecule has 2 rings (SSSR count). The van der Waals surface area contributed by atoms with Crippen LogP contribution in [0.1, 0.15) is 13.8 Å². The molecule has 0 radical (unpaired) electrons. The van der Waals surface area contributed by atoms with E-state index in [0.29, 0.717) is 0 Å². The van der Waals surface area contributed by atoms with Gasteiger partial charge in [0.25, 0.3) is 0 Å². The number of hydrogen-bond acceptors (Lipinski definition) is 4. The van der Waals surface area contributed by atoms with Gasteiger partial charge < -0.3 is 10.4 Å². The highest BCUT2D eigenvalue weighted by molar-refractivity contribution is 5.92. The number of carboxylic acid groups (broad SMARTS) is 1. The zero-order valence-electron chi connectivity index (χ0n) is 10.3. The van der Waals surface area contributed by atoms with E-state index in [1.807, 2.05) is 19.9 Å². The van der Waals surface area contributed by atoms with Crippen LogP contribution in [-0.2, 0) is 4.79 Å². The lowest BCUT2D eigenvalue weighted by Gasteiger charge is -2.20. The van der Waals surface area contributed by atoms with Gasteiger partial charge in [0.15, 0.2) is 0 Å². The molecule has 0 saturated heterocycles. The number of pyridine rings is 2. The zero-order valence-corrected chi connectivity index (χ0v) is 10.3. The highest BCUT2D eigenvalue weighted by Crippen LogP contribution is 2.22. The normalized spacial score (nSPS) is 12.6. The smallest absolute Gasteiger partial charge is 0.326 e. The van der Waals surface area contributed by atoms with E-state index in [0.717, 1.165) is 16.6 Å². The number of carbonyl (C=O) groups is 1. The van der Waals surface area contributed by atoms with Crippen LogP contribution in [0.2, 0.25) is 0 Å². The number of aromatic nitrogens is 2. The predicted molar refractivity (Wildman–Crippen MR) is 69.4 cm³/mol. The third-order valence-corrected chi connectivity index (χ3v) is 2.79. The number of anilines is 1. The molecular formula is C13H15N3O2. The van der Waals surface area contributed by atoms with Crippen LogP contribution >= 0.6 is 0 Å². The van der Waals surface area contributed by atoms with Crippen molar-refractivity contribution in [1.82, 2.24) is 9.97 Å². The summed E-state index contributed by atoms with van der Waals surface area (Å²) >= 11 is 0. The molecule has 5 nitrogen and oxygen atoms in total. The predicted octanol–water partition coefficient (Wildman–Crippen LogP) is 2.15. The Morgan fingerprint density at radius 1 is 1.33 bits per heavy atom. The van der Waals surface area contributed by atoms with Crippen molar-refractivity contribution >= 4 is 22.6 Å². The Morgan fingerprint density at radius 3 is 2.78 bits per heavy atom. The average molecular weight is 245 g/mol. The second-order valence-corrected chi connectivity index (χ2v) is 4.46. The molecular weight excluding hydrogens is 230 g/mol. The van der Waals surface area contributed by atoms with Crippen LogP contribution in [0.15, 0.2) is 30.7 Å². The molecule has 2 aromatic heterocycles. The molecule has 2 aromatic rings. The number of nitrogens with zero attached hydrogens (tertiary/aromatic N) is 2. The maximum Gasteiger partial charge on any atom is 0.326 e. The van der Waals surface area contributed by atoms with Crippen molar-refractivity contribution in [3.05, 3.63) is 30.7 Å². The standard InChI is InChI=1S/C13H15N3O2/c1-8(2)12(13(17)18)16-10-4-6-15-11-7-14-5-3-9(10)11/h3-8,12H,1-2H3,(H,15,16)(H,17,18)/t12-/m1/s1. The Bertz CT molecular complexity index is 564. The van der Waals surface area contributed by atoms with Gasteiger partial charge in [0, 0.05) is 23.5 Å². The van der Waals surface area contributed by atoms with Gasteiger partial charge in [-0.15, -0.1) is 0 Å². The maximum absolute atomic E-state index is 11.2. The van der Waals surface area contributed by atoms with Crippen LogP contribution in [-0.4, -0.2) is 27.1 Å². The zero-order chi connectivity index (χ0) is 13.1. The number of nitrogens with one attached hydrogen (secondary N) is 1. The van der Waals surface area contributed by atoms with Crippen molar-refractivity contribution in [2.75, 3.05) is 5.32 Å². The Labute approximate surface area is 105 Å². The van der Waals surface area contributed by atoms with E-state index in [9.17, 15) is 9.90 Å². The molecule has 94 valence electrons. The molecule has 0 bridgehead atoms. The quantitative estimate of drug-likeness (QED) is 0.863. The van der Waals surface area contributed by atoms with E-state index in [4.69, 9.17) is 0 Å². The molecule has 5 heteroatoms. The van der Waals surface area contributed by atoms with Crippen molar-refractivity contribution < 1.29 is 9.90 Å². The van der Waals surface area contributed by atoms with Crippen LogP contribution in [0.3, 0.4) is 0 Å². The van der Waals surface area contributed by atoms with Gasteiger partial charge in [-0.25, -0.2) is 4.79 Å². The summed E-state index contributed by atoms with van der Waals surface area (Å²) in [6.07, 6.45) is 4.97. The first-order chi connectivity index (χ1) is 8.59. The SMILES string of the molecule is CC(C)[C@@H](Nc1ccnc2cnccc12)C(=O)O. The molecule has 18 heavy (non-hydrogen) atoms. The van der Waals surface area contributed by atoms with Gasteiger partial charge in [-0.3, -0.25) is 9.97 Å². The minimum atomic E-state index is -0.857. The van der Waals surface area contributed by atoms with Crippen molar-refractivity contribution in [3.63, 3.8) is 0 Å². The summed E-state index contributed by atoms with van der Waals surface area (Å²) in [5.74, 6) is -0.864. The third-order valence-electron chi connectivity index (χ3n) is 2.79. The summed E-state index contributed by atoms with van der Waals surface area (Å²) in [7, 11) is 0. The molecule has 1 atom stereocenters. The number of hydrogen-bond donors (Lipinski definition) is 2. The monoisotopic (exact) mass is 245 g/mol. The fourth-order valence-electron chi connectivity index (χ4n) is 1.81. The second-order valence-electron chi connectivity index (χ2n) is 4.46. The molecule has 0 aliphatic rings. The number of fused-ring (bicyclic) bond motifs is 1. The van der Waals surface area contributed by atoms with Gasteiger partial charge >= 0.3 is 5.97 Å². The van der Waals surface area contributed by atoms with E-state index in [2.05, 4.69) is 15.3 Å². The first kappa shape index (κ1) is 12.3. The number of rotatable bonds is 4. The number of carboxylic acids is 1. The minimum Gasteiger partial charge on any atom is -0.480 e. The summed E-state index contributed by atoms with van der Waals surface area (Å²) in [4.78, 5) is 19.4. The average Bonchev–Trinajstić information content (AvgIpc) is 2.35. The fraction of sp³-hybridized carbons (Fsp3) is 0.308. The lowest BCUT2D eigenvalue weighted by atomic mass is 10.0. The van der Waals surface area contributed by atoms with Crippen molar-refractivity contribution in [1.29, 1.82) is 0 Å². The minimum absolute atomic E-state index is 0.00690. The van der Waals surface area contributed by atoms with E-state index < -0.39 is 12.0 Å². The molecule has 0 spiro atoms. The Kier molecular flexibility index (Phi) is 3.41. The largest absolute Gasteiger partial charge is 0.480 e. The Hall–Kier alpha value is -2.17. The van der Waals surface area contributed by atoms with Crippen LogP contribution in [0, 0.1) is 5.92 Å². The van der Waals surface area contributed by atoms with Crippen molar-refractivity contribution in [2.24, 2.45) is 5.92 Å². The van der Waals surface area contributed by atoms with E-state index >= 15 is 0 Å². The van der Waals surface area contributed by atoms with Crippen molar-refractivity contribution in [3.8, 4) is 0 Å². The summed E-state index contributed by atoms with van der Waals surface area (Å²) in [5.41, 5.74) is 1.51. The molecule has 2 N–H and O–H groups in total. The lowest BCUT2D eigenvalue weighted by Crippen LogP contribution is -2.34. The lowest BCUT2D eigenvalue weighted by molar-refractivity contribution is -0.138. The molecule has 0 aromatic carbocycles. The summed E-state index contributed by atoms with van der Waals surface area (Å²) in [5, 5.41) is 13.1. The third kappa shape index (κ3) is 2.40. The van der Waals surface area contributed by atoms with Crippen LogP contribution in [0.25, 0.3) is 10.9 Å². The second kappa shape index (κ2) is 5.00. The molecule has 2 heterocycles. The topological polar surface area (TPSA) is 75.1 Å². The highest BCUT2D eigenvalue weighted by Gasteiger charge is 2.21. The van der Waals surface area contributed by atoms with Gasteiger partial charge in [0.2, 0.25) is 0 Å². The summed E-state index contributed by atoms with van der Waals surface area (Å²) < 4.78 is 0. The van der Waals surface area contributed by atoms with Gasteiger partial charge in [-0.1, -0.05) is 13.8 Å². The van der Waals surface area contributed by atoms with Crippen molar-refractivity contribution in [2.45, 2.75) is 19.9 Å². The highest BCUT2D eigenvalue weighted by atomic mass is 16.4. The first-order valence-electron chi connectivity index (χ1n) is 5.77. The van der Waals surface area contributed by atoms with E-state index in [-0.39, 0.29) is 5.92 Å². The summed E-state index contributed by atoms with van der Waals surface area (Å²) in [6.45, 7) is 3.74. The summed E-state index contributed by atoms with van der Waals surface area (Å²) in [6, 6.07) is 2.98. The first-order valence-corrected chi connectivity index (χ1v) is 5.77. The van der Waals surface area contributed by atoms with Gasteiger partial charge in [0.1, 0.15) is 6.04 Å². The molecule has 0 amide bonds. The molecule has 0 fully saturated rings. The van der Waals surface area contributed by atoms with Gasteiger partial charge in [-0.05, 0) is 18.1 Å². The number of aliphatic carboxylic acids is 1. The Morgan fingerprint density at radius 2 is 2.11 bits per heavy atom. The van der Waals surface area contributed by atoms with E-state index in [1.165, 1.54) is 0 Å². The molecule has 0 aliphatic heterocycles. The maximum atomic E-state index is 11.2. The fourth-order valence-corrected chi connectivity index (χ4v) is 1.81. The molecule has 0 unspecified atom stereocenters. The van der Waals surface area contributed by atoms with Crippen LogP contribution in [0.5, 0.6) is 0 Å². The van der Waals surface area contributed by atoms with Gasteiger partial charge in [-0.2, -0.15) is 0 Å². The Balaban J connectivity index is 2.39. The molecule has 0 saturated carbocycles.